The largest absolute Gasteiger partial charge is 0.349 e. The maximum Gasteiger partial charge on any atom is 0.125 e. The molecule has 1 aliphatic rings. The van der Waals surface area contributed by atoms with Crippen LogP contribution in [0, 0.1) is 11.6 Å². The average Bonchev–Trinajstić information content (AvgIpc) is 3.00. The maximum atomic E-state index is 13.2. The lowest BCUT2D eigenvalue weighted by atomic mass is 10.3. The molecule has 6 heteroatoms. The monoisotopic (exact) mass is 318 g/mol. The standard InChI is InChI=1S/C15H8F2N2S2/c16-8-1-3-12-10(5-8)18-14(20-12)7-15-19-11-6-9(17)2-4-13(11)21-15/h1-7,18H/b14-7-. The molecule has 4 rings (SSSR count). The number of halogens is 2. The topological polar surface area (TPSA) is 24.9 Å². The summed E-state index contributed by atoms with van der Waals surface area (Å²) in [6.07, 6.45) is 1.89. The molecule has 0 saturated heterocycles. The Kier molecular flexibility index (Phi) is 2.94. The molecule has 0 fully saturated rings. The van der Waals surface area contributed by atoms with E-state index in [1.807, 2.05) is 6.08 Å². The van der Waals surface area contributed by atoms with Crippen molar-refractivity contribution in [1.29, 1.82) is 0 Å². The van der Waals surface area contributed by atoms with Crippen molar-refractivity contribution >= 4 is 45.1 Å². The van der Waals surface area contributed by atoms with E-state index in [1.54, 1.807) is 12.1 Å². The Morgan fingerprint density at radius 1 is 1.05 bits per heavy atom. The lowest BCUT2D eigenvalue weighted by molar-refractivity contribution is 0.627. The van der Waals surface area contributed by atoms with Crippen molar-refractivity contribution in [2.45, 2.75) is 4.90 Å². The number of hydrogen-bond donors (Lipinski definition) is 1. The summed E-state index contributed by atoms with van der Waals surface area (Å²) in [6, 6.07) is 9.24. The first-order valence-electron chi connectivity index (χ1n) is 6.20. The molecular formula is C15H8F2N2S2. The van der Waals surface area contributed by atoms with Gasteiger partial charge < -0.3 is 5.32 Å². The molecule has 0 saturated carbocycles. The van der Waals surface area contributed by atoms with E-state index in [9.17, 15) is 8.78 Å². The van der Waals surface area contributed by atoms with Crippen LogP contribution >= 0.6 is 23.1 Å². The van der Waals surface area contributed by atoms with Crippen molar-refractivity contribution in [3.05, 3.63) is 58.1 Å². The fraction of sp³-hybridized carbons (Fsp3) is 0. The Hall–Kier alpha value is -1.92. The van der Waals surface area contributed by atoms with E-state index in [0.29, 0.717) is 5.52 Å². The van der Waals surface area contributed by atoms with Gasteiger partial charge in [-0.25, -0.2) is 13.8 Å². The lowest BCUT2D eigenvalue weighted by Gasteiger charge is -1.96. The Morgan fingerprint density at radius 3 is 2.76 bits per heavy atom. The number of nitrogens with zero attached hydrogens (tertiary/aromatic N) is 1. The van der Waals surface area contributed by atoms with Gasteiger partial charge in [0.25, 0.3) is 0 Å². The first-order chi connectivity index (χ1) is 10.2. The first kappa shape index (κ1) is 12.8. The summed E-state index contributed by atoms with van der Waals surface area (Å²) in [6.45, 7) is 0. The second-order valence-corrected chi connectivity index (χ2v) is 6.69. The van der Waals surface area contributed by atoms with Gasteiger partial charge in [0.1, 0.15) is 16.6 Å². The predicted octanol–water partition coefficient (Wildman–Crippen LogP) is 5.09. The summed E-state index contributed by atoms with van der Waals surface area (Å²) in [5.41, 5.74) is 1.41. The van der Waals surface area contributed by atoms with Gasteiger partial charge >= 0.3 is 0 Å². The Labute approximate surface area is 127 Å². The van der Waals surface area contributed by atoms with E-state index >= 15 is 0 Å². The van der Waals surface area contributed by atoms with Crippen molar-refractivity contribution in [2.75, 3.05) is 5.32 Å². The van der Waals surface area contributed by atoms with E-state index < -0.39 is 0 Å². The third-order valence-corrected chi connectivity index (χ3v) is 5.04. The zero-order valence-electron chi connectivity index (χ0n) is 10.6. The summed E-state index contributed by atoms with van der Waals surface area (Å²) in [7, 11) is 0. The van der Waals surface area contributed by atoms with E-state index in [4.69, 9.17) is 0 Å². The summed E-state index contributed by atoms with van der Waals surface area (Å²) in [5.74, 6) is -0.554. The highest BCUT2D eigenvalue weighted by Gasteiger charge is 2.16. The quantitative estimate of drug-likeness (QED) is 0.676. The van der Waals surface area contributed by atoms with Gasteiger partial charge in [-0.3, -0.25) is 0 Å². The highest BCUT2D eigenvalue weighted by atomic mass is 32.2. The number of rotatable bonds is 1. The number of fused-ring (bicyclic) bond motifs is 2. The molecule has 0 bridgehead atoms. The molecule has 21 heavy (non-hydrogen) atoms. The minimum Gasteiger partial charge on any atom is -0.349 e. The number of aromatic nitrogens is 1. The predicted molar refractivity (Wildman–Crippen MR) is 83.4 cm³/mol. The number of benzene rings is 2. The highest BCUT2D eigenvalue weighted by Crippen LogP contribution is 2.42. The SMILES string of the molecule is Fc1ccc2c(c1)N/C(=C/c1nc3cc(F)ccc3s1)S2. The molecule has 2 heterocycles. The smallest absolute Gasteiger partial charge is 0.125 e. The highest BCUT2D eigenvalue weighted by molar-refractivity contribution is 8.03. The Balaban J connectivity index is 1.68. The molecule has 2 aromatic carbocycles. The second kappa shape index (κ2) is 4.82. The van der Waals surface area contributed by atoms with Crippen molar-refractivity contribution in [3.8, 4) is 0 Å². The molecular weight excluding hydrogens is 310 g/mol. The van der Waals surface area contributed by atoms with Crippen LogP contribution in [0.5, 0.6) is 0 Å². The van der Waals surface area contributed by atoms with Crippen LogP contribution < -0.4 is 5.32 Å². The fourth-order valence-electron chi connectivity index (χ4n) is 2.12. The van der Waals surface area contributed by atoms with Crippen LogP contribution in [0.4, 0.5) is 14.5 Å². The van der Waals surface area contributed by atoms with Crippen molar-refractivity contribution in [2.24, 2.45) is 0 Å². The van der Waals surface area contributed by atoms with Gasteiger partial charge in [-0.05, 0) is 30.3 Å². The maximum absolute atomic E-state index is 13.2. The number of thiazole rings is 1. The molecule has 3 aromatic rings. The van der Waals surface area contributed by atoms with Crippen LogP contribution in [0.25, 0.3) is 16.3 Å². The number of thioether (sulfide) groups is 1. The first-order valence-corrected chi connectivity index (χ1v) is 7.83. The van der Waals surface area contributed by atoms with Crippen molar-refractivity contribution in [1.82, 2.24) is 4.98 Å². The van der Waals surface area contributed by atoms with Crippen molar-refractivity contribution in [3.63, 3.8) is 0 Å². The normalized spacial score (nSPS) is 15.4. The molecule has 104 valence electrons. The van der Waals surface area contributed by atoms with Crippen LogP contribution in [0.1, 0.15) is 5.01 Å². The summed E-state index contributed by atoms with van der Waals surface area (Å²) < 4.78 is 27.3. The third kappa shape index (κ3) is 2.41. The van der Waals surface area contributed by atoms with E-state index in [-0.39, 0.29) is 11.6 Å². The molecule has 0 radical (unpaired) electrons. The fourth-order valence-corrected chi connectivity index (χ4v) is 4.01. The van der Waals surface area contributed by atoms with Gasteiger partial charge in [0, 0.05) is 17.0 Å². The van der Waals surface area contributed by atoms with Gasteiger partial charge in [-0.2, -0.15) is 0 Å². The van der Waals surface area contributed by atoms with Gasteiger partial charge in [-0.15, -0.1) is 11.3 Å². The second-order valence-electron chi connectivity index (χ2n) is 4.54. The number of hydrogen-bond acceptors (Lipinski definition) is 4. The molecule has 2 nitrogen and oxygen atoms in total. The number of anilines is 1. The van der Waals surface area contributed by atoms with Crippen LogP contribution in [0.3, 0.4) is 0 Å². The molecule has 1 aliphatic heterocycles. The zero-order valence-corrected chi connectivity index (χ0v) is 12.2. The Morgan fingerprint density at radius 2 is 1.86 bits per heavy atom. The van der Waals surface area contributed by atoms with Crippen LogP contribution in [-0.2, 0) is 0 Å². The van der Waals surface area contributed by atoms with Gasteiger partial charge in [-0.1, -0.05) is 11.8 Å². The molecule has 0 amide bonds. The van der Waals surface area contributed by atoms with Crippen molar-refractivity contribution < 1.29 is 8.78 Å². The zero-order chi connectivity index (χ0) is 14.4. The van der Waals surface area contributed by atoms with Gasteiger partial charge in [0.15, 0.2) is 0 Å². The molecule has 0 aliphatic carbocycles. The van der Waals surface area contributed by atoms with E-state index in [1.165, 1.54) is 47.4 Å². The van der Waals surface area contributed by atoms with Crippen LogP contribution in [0.2, 0.25) is 0 Å². The molecule has 1 aromatic heterocycles. The van der Waals surface area contributed by atoms with Gasteiger partial charge in [0.2, 0.25) is 0 Å². The van der Waals surface area contributed by atoms with Crippen LogP contribution in [0.15, 0.2) is 46.3 Å². The molecule has 0 spiro atoms. The van der Waals surface area contributed by atoms with E-state index in [0.717, 1.165) is 25.3 Å². The minimum atomic E-state index is -0.289. The molecule has 0 unspecified atom stereocenters. The summed E-state index contributed by atoms with van der Waals surface area (Å²) >= 11 is 3.02. The third-order valence-electron chi connectivity index (χ3n) is 3.04. The van der Waals surface area contributed by atoms with E-state index in [2.05, 4.69) is 10.3 Å². The van der Waals surface area contributed by atoms with Gasteiger partial charge in [0.05, 0.1) is 20.9 Å². The molecule has 1 N–H and O–H groups in total. The molecule has 0 atom stereocenters. The number of nitrogens with one attached hydrogen (secondary N) is 1. The lowest BCUT2D eigenvalue weighted by Crippen LogP contribution is -1.88. The average molecular weight is 318 g/mol. The Bertz CT molecular complexity index is 887. The minimum absolute atomic E-state index is 0.265. The summed E-state index contributed by atoms with van der Waals surface area (Å²) in [4.78, 5) is 5.37. The summed E-state index contributed by atoms with van der Waals surface area (Å²) in [5, 5.41) is 4.83. The van der Waals surface area contributed by atoms with Crippen LogP contribution in [-0.4, -0.2) is 4.98 Å².